The van der Waals surface area contributed by atoms with Gasteiger partial charge >= 0.3 is 6.18 Å². The van der Waals surface area contributed by atoms with Crippen LogP contribution in [0.2, 0.25) is 0 Å². The van der Waals surface area contributed by atoms with E-state index in [2.05, 4.69) is 9.88 Å². The van der Waals surface area contributed by atoms with Crippen molar-refractivity contribution >= 4 is 22.4 Å². The molecule has 0 saturated carbocycles. The van der Waals surface area contributed by atoms with E-state index in [0.717, 1.165) is 23.7 Å². The van der Waals surface area contributed by atoms with Gasteiger partial charge in [0, 0.05) is 42.5 Å². The van der Waals surface area contributed by atoms with E-state index in [9.17, 15) is 18.0 Å². The molecule has 1 aromatic heterocycles. The van der Waals surface area contributed by atoms with Crippen molar-refractivity contribution in [1.82, 2.24) is 9.88 Å². The van der Waals surface area contributed by atoms with Gasteiger partial charge in [0.05, 0.1) is 11.3 Å². The van der Waals surface area contributed by atoms with E-state index in [0.29, 0.717) is 37.4 Å². The van der Waals surface area contributed by atoms with Crippen LogP contribution in [0.5, 0.6) is 0 Å². The Labute approximate surface area is 167 Å². The summed E-state index contributed by atoms with van der Waals surface area (Å²) in [6.07, 6.45) is -3.54. The van der Waals surface area contributed by atoms with E-state index >= 15 is 0 Å². The first-order valence-corrected chi connectivity index (χ1v) is 10.2. The average Bonchev–Trinajstić information content (AvgIpc) is 3.17. The Balaban J connectivity index is 1.65. The lowest BCUT2D eigenvalue weighted by molar-refractivity contribution is -0.141. The fourth-order valence-electron chi connectivity index (χ4n) is 3.05. The Hall–Kier alpha value is -2.09. The average molecular weight is 411 g/mol. The summed E-state index contributed by atoms with van der Waals surface area (Å²) >= 11 is 1.47. The van der Waals surface area contributed by atoms with Gasteiger partial charge in [0.2, 0.25) is 5.91 Å². The number of rotatable bonds is 4. The highest BCUT2D eigenvalue weighted by Crippen LogP contribution is 2.33. The number of amides is 1. The summed E-state index contributed by atoms with van der Waals surface area (Å²) < 4.78 is 38.1. The topological polar surface area (TPSA) is 36.4 Å². The van der Waals surface area contributed by atoms with Crippen molar-refractivity contribution in [2.75, 3.05) is 31.1 Å². The summed E-state index contributed by atoms with van der Waals surface area (Å²) in [4.78, 5) is 21.2. The Morgan fingerprint density at radius 3 is 2.25 bits per heavy atom. The molecule has 3 rings (SSSR count). The second-order valence-electron chi connectivity index (χ2n) is 7.61. The Morgan fingerprint density at radius 1 is 1.11 bits per heavy atom. The molecule has 1 aliphatic rings. The molecule has 2 heterocycles. The second-order valence-corrected chi connectivity index (χ2v) is 8.44. The molecule has 28 heavy (non-hydrogen) atoms. The first kappa shape index (κ1) is 20.6. The number of hydrogen-bond donors (Lipinski definition) is 0. The highest BCUT2D eigenvalue weighted by atomic mass is 32.1. The number of piperazine rings is 1. The highest BCUT2D eigenvalue weighted by Gasteiger charge is 2.33. The lowest BCUT2D eigenvalue weighted by Crippen LogP contribution is -2.52. The molecule has 4 nitrogen and oxygen atoms in total. The quantitative estimate of drug-likeness (QED) is 0.717. The summed E-state index contributed by atoms with van der Waals surface area (Å²) in [5.74, 6) is 0.180. The molecule has 1 aliphatic heterocycles. The Morgan fingerprint density at radius 2 is 1.71 bits per heavy atom. The van der Waals surface area contributed by atoms with Gasteiger partial charge in [-0.05, 0) is 18.6 Å². The lowest BCUT2D eigenvalue weighted by atomic mass is 9.88. The maximum Gasteiger partial charge on any atom is 0.416 e. The van der Waals surface area contributed by atoms with Gasteiger partial charge in [-0.3, -0.25) is 4.79 Å². The van der Waals surface area contributed by atoms with Crippen molar-refractivity contribution in [3.63, 3.8) is 0 Å². The zero-order chi connectivity index (χ0) is 20.5. The molecule has 0 unspecified atom stereocenters. The van der Waals surface area contributed by atoms with E-state index in [4.69, 9.17) is 0 Å². The van der Waals surface area contributed by atoms with Crippen LogP contribution < -0.4 is 4.90 Å². The van der Waals surface area contributed by atoms with Crippen LogP contribution in [-0.4, -0.2) is 42.0 Å². The Kier molecular flexibility index (Phi) is 5.70. The number of aromatic nitrogens is 1. The van der Waals surface area contributed by atoms with Gasteiger partial charge in [-0.2, -0.15) is 13.2 Å². The van der Waals surface area contributed by atoms with Gasteiger partial charge in [0.15, 0.2) is 5.13 Å². The van der Waals surface area contributed by atoms with Crippen LogP contribution >= 0.6 is 11.3 Å². The van der Waals surface area contributed by atoms with Gasteiger partial charge in [-0.15, -0.1) is 11.3 Å². The van der Waals surface area contributed by atoms with Crippen molar-refractivity contribution in [3.8, 4) is 11.3 Å². The molecule has 0 atom stereocenters. The predicted octanol–water partition coefficient (Wildman–Crippen LogP) is 4.91. The number of anilines is 1. The highest BCUT2D eigenvalue weighted by molar-refractivity contribution is 7.14. The van der Waals surface area contributed by atoms with E-state index in [1.165, 1.54) is 23.5 Å². The van der Waals surface area contributed by atoms with Crippen LogP contribution in [0.4, 0.5) is 18.3 Å². The third-order valence-electron chi connectivity index (χ3n) is 5.30. The number of benzene rings is 1. The van der Waals surface area contributed by atoms with Crippen molar-refractivity contribution in [2.45, 2.75) is 33.4 Å². The van der Waals surface area contributed by atoms with Crippen molar-refractivity contribution < 1.29 is 18.0 Å². The molecule has 2 aromatic rings. The predicted molar refractivity (Wildman–Crippen MR) is 105 cm³/mol. The molecule has 1 saturated heterocycles. The van der Waals surface area contributed by atoms with E-state index in [1.54, 1.807) is 0 Å². The summed E-state index contributed by atoms with van der Waals surface area (Å²) in [6.45, 7) is 8.66. The van der Waals surface area contributed by atoms with Crippen molar-refractivity contribution in [1.29, 1.82) is 0 Å². The lowest BCUT2D eigenvalue weighted by Gasteiger charge is -2.38. The normalized spacial score (nSPS) is 15.8. The third-order valence-corrected chi connectivity index (χ3v) is 6.20. The molecule has 0 aliphatic carbocycles. The molecule has 1 amide bonds. The summed E-state index contributed by atoms with van der Waals surface area (Å²) in [5, 5.41) is 2.69. The van der Waals surface area contributed by atoms with E-state index in [-0.39, 0.29) is 11.3 Å². The maximum absolute atomic E-state index is 12.7. The second kappa shape index (κ2) is 7.73. The number of hydrogen-bond acceptors (Lipinski definition) is 4. The van der Waals surface area contributed by atoms with Gasteiger partial charge in [0.1, 0.15) is 0 Å². The fraction of sp³-hybridized carbons (Fsp3) is 0.500. The van der Waals surface area contributed by atoms with Crippen LogP contribution in [0, 0.1) is 5.41 Å². The molecule has 152 valence electrons. The van der Waals surface area contributed by atoms with Crippen LogP contribution in [0.25, 0.3) is 11.3 Å². The summed E-state index contributed by atoms with van der Waals surface area (Å²) in [5.41, 5.74) is 0.315. The third kappa shape index (κ3) is 4.32. The van der Waals surface area contributed by atoms with Gasteiger partial charge in [0.25, 0.3) is 0 Å². The molecule has 0 bridgehead atoms. The van der Waals surface area contributed by atoms with Crippen molar-refractivity contribution in [3.05, 3.63) is 35.2 Å². The molecule has 1 aromatic carbocycles. The summed E-state index contributed by atoms with van der Waals surface area (Å²) in [7, 11) is 0. The van der Waals surface area contributed by atoms with Crippen LogP contribution in [0.3, 0.4) is 0 Å². The van der Waals surface area contributed by atoms with Gasteiger partial charge in [-0.25, -0.2) is 4.98 Å². The van der Waals surface area contributed by atoms with E-state index < -0.39 is 11.7 Å². The van der Waals surface area contributed by atoms with Crippen LogP contribution in [-0.2, 0) is 11.0 Å². The maximum atomic E-state index is 12.7. The molecule has 0 spiro atoms. The first-order chi connectivity index (χ1) is 13.1. The number of carbonyl (C=O) groups excluding carboxylic acids is 1. The SMILES string of the molecule is CCC(C)(C)C(=O)N1CCN(c2nc(-c3ccc(C(F)(F)F)cc3)cs2)CC1. The zero-order valence-electron chi connectivity index (χ0n) is 16.2. The van der Waals surface area contributed by atoms with Gasteiger partial charge < -0.3 is 9.80 Å². The minimum absolute atomic E-state index is 0.180. The van der Waals surface area contributed by atoms with Crippen LogP contribution in [0.1, 0.15) is 32.8 Å². The van der Waals surface area contributed by atoms with Crippen LogP contribution in [0.15, 0.2) is 29.6 Å². The smallest absolute Gasteiger partial charge is 0.345 e. The Bertz CT molecular complexity index is 822. The number of nitrogens with zero attached hydrogens (tertiary/aromatic N) is 3. The first-order valence-electron chi connectivity index (χ1n) is 9.29. The molecule has 0 N–H and O–H groups in total. The minimum atomic E-state index is -4.34. The molecule has 0 radical (unpaired) electrons. The van der Waals surface area contributed by atoms with Crippen molar-refractivity contribution in [2.24, 2.45) is 5.41 Å². The number of carbonyl (C=O) groups is 1. The summed E-state index contributed by atoms with van der Waals surface area (Å²) in [6, 6.07) is 5.05. The molecular weight excluding hydrogens is 387 g/mol. The fourth-order valence-corrected chi connectivity index (χ4v) is 3.94. The monoisotopic (exact) mass is 411 g/mol. The van der Waals surface area contributed by atoms with Gasteiger partial charge in [-0.1, -0.05) is 32.9 Å². The largest absolute Gasteiger partial charge is 0.416 e. The molecule has 1 fully saturated rings. The molecular formula is C20H24F3N3OS. The number of halogens is 3. The molecule has 8 heteroatoms. The standard InChI is InChI=1S/C20H24F3N3OS/c1-4-19(2,3)17(27)25-9-11-26(12-10-25)18-24-16(13-28-18)14-5-7-15(8-6-14)20(21,22)23/h5-8,13H,4,9-12H2,1-3H3. The minimum Gasteiger partial charge on any atom is -0.345 e. The number of alkyl halides is 3. The van der Waals surface area contributed by atoms with E-state index in [1.807, 2.05) is 31.1 Å². The zero-order valence-corrected chi connectivity index (χ0v) is 17.0. The number of thiazole rings is 1.